The van der Waals surface area contributed by atoms with Crippen molar-refractivity contribution in [2.45, 2.75) is 6.42 Å². The number of primary amides is 1. The van der Waals surface area contributed by atoms with Gasteiger partial charge in [-0.3, -0.25) is 0 Å². The second-order valence-electron chi connectivity index (χ2n) is 1.16. The molecule has 0 aromatic carbocycles. The lowest BCUT2D eigenvalue weighted by molar-refractivity contribution is 0.249. The highest BCUT2D eigenvalue weighted by atomic mass is 16.2. The molecule has 0 aliphatic heterocycles. The predicted molar refractivity (Wildman–Crippen MR) is 32.4 cm³/mol. The first kappa shape index (κ1) is 3.95. The highest BCUT2D eigenvalue weighted by Crippen LogP contribution is 1.72. The summed E-state index contributed by atoms with van der Waals surface area (Å²) in [5, 5.41) is 1.92. The van der Waals surface area contributed by atoms with E-state index in [9.17, 15) is 4.79 Å². The van der Waals surface area contributed by atoms with E-state index < -0.39 is 12.5 Å². The molecule has 0 spiro atoms. The van der Waals surface area contributed by atoms with Gasteiger partial charge in [0.2, 0.25) is 0 Å². The highest BCUT2D eigenvalue weighted by molar-refractivity contribution is 5.71. The van der Waals surface area contributed by atoms with Crippen LogP contribution in [0.3, 0.4) is 0 Å². The fourth-order valence-corrected chi connectivity index (χ4v) is 0.210. The van der Waals surface area contributed by atoms with E-state index in [4.69, 9.17) is 2.74 Å². The Balaban J connectivity index is 3.85. The summed E-state index contributed by atoms with van der Waals surface area (Å²) in [6, 6.07) is -0.869. The molecule has 3 N–H and O–H groups in total. The fraction of sp³-hybridized carbons (Fsp3) is 0.400. The molecule has 0 unspecified atom stereocenters. The minimum Gasteiger partial charge on any atom is -0.352 e. The molecule has 8 heavy (non-hydrogen) atoms. The van der Waals surface area contributed by atoms with Gasteiger partial charge in [-0.1, -0.05) is 6.08 Å². The summed E-state index contributed by atoms with van der Waals surface area (Å²) < 4.78 is 14.1. The molecular formula is C5H10N2O. The lowest BCUT2D eigenvalue weighted by Gasteiger charge is -1.94. The van der Waals surface area contributed by atoms with Crippen molar-refractivity contribution in [1.29, 1.82) is 0 Å². The zero-order valence-electron chi connectivity index (χ0n) is 6.48. The van der Waals surface area contributed by atoms with Crippen molar-refractivity contribution in [3.63, 3.8) is 0 Å². The van der Waals surface area contributed by atoms with Crippen molar-refractivity contribution in [2.24, 2.45) is 5.73 Å². The maximum atomic E-state index is 10.1. The van der Waals surface area contributed by atoms with Crippen LogP contribution in [-0.2, 0) is 0 Å². The fourth-order valence-electron chi connectivity index (χ4n) is 0.210. The normalized spacial score (nSPS) is 13.5. The minimum absolute atomic E-state index is 0.0515. The number of urea groups is 1. The Morgan fingerprint density at radius 2 is 2.75 bits per heavy atom. The monoisotopic (exact) mass is 116 g/mol. The summed E-state index contributed by atoms with van der Waals surface area (Å²) in [5.74, 6) is 0. The van der Waals surface area contributed by atoms with Gasteiger partial charge >= 0.3 is 6.03 Å². The van der Waals surface area contributed by atoms with Crippen LogP contribution < -0.4 is 11.1 Å². The molecule has 0 saturated heterocycles. The summed E-state index contributed by atoms with van der Waals surface area (Å²) >= 11 is 0. The van der Waals surface area contributed by atoms with Gasteiger partial charge in [-0.15, -0.1) is 6.58 Å². The number of nitrogens with two attached hydrogens (primary N) is 1. The van der Waals surface area contributed by atoms with Crippen LogP contribution >= 0.6 is 0 Å². The molecule has 0 aromatic rings. The lowest BCUT2D eigenvalue weighted by Crippen LogP contribution is -2.29. The van der Waals surface area contributed by atoms with Crippen LogP contribution in [0.2, 0.25) is 0 Å². The average Bonchev–Trinajstić information content (AvgIpc) is 1.59. The standard InChI is InChI=1S/C5H10N2O/c1-2-3-4-7-5(6)8/h2H,1,3-4H2,(H3,6,7,8)/i4D2. The van der Waals surface area contributed by atoms with E-state index in [1.807, 2.05) is 5.32 Å². The molecule has 0 atom stereocenters. The Labute approximate surface area is 51.4 Å². The first-order valence-corrected chi connectivity index (χ1v) is 2.16. The SMILES string of the molecule is [2H]C([2H])(CC=C)NC(N)=O. The number of rotatable bonds is 3. The topological polar surface area (TPSA) is 55.1 Å². The van der Waals surface area contributed by atoms with E-state index in [-0.39, 0.29) is 6.42 Å². The predicted octanol–water partition coefficient (Wildman–Crippen LogP) is 0.231. The largest absolute Gasteiger partial charge is 0.352 e. The smallest absolute Gasteiger partial charge is 0.312 e. The molecule has 0 saturated carbocycles. The van der Waals surface area contributed by atoms with Crippen molar-refractivity contribution in [3.8, 4) is 0 Å². The molecule has 3 heteroatoms. The zero-order chi connectivity index (χ0) is 8.20. The number of carbonyl (C=O) groups is 1. The van der Waals surface area contributed by atoms with Crippen molar-refractivity contribution < 1.29 is 7.54 Å². The van der Waals surface area contributed by atoms with Gasteiger partial charge in [0.25, 0.3) is 0 Å². The second kappa shape index (κ2) is 4.18. The molecule has 3 nitrogen and oxygen atoms in total. The second-order valence-corrected chi connectivity index (χ2v) is 1.16. The van der Waals surface area contributed by atoms with Crippen molar-refractivity contribution in [2.75, 3.05) is 6.50 Å². The maximum Gasteiger partial charge on any atom is 0.312 e. The molecule has 0 aliphatic rings. The van der Waals surface area contributed by atoms with Crippen LogP contribution in [0.1, 0.15) is 9.16 Å². The molecule has 2 amide bonds. The van der Waals surface area contributed by atoms with E-state index in [0.717, 1.165) is 0 Å². The van der Waals surface area contributed by atoms with E-state index in [1.54, 1.807) is 0 Å². The summed E-state index contributed by atoms with van der Waals surface area (Å²) in [7, 11) is 0. The van der Waals surface area contributed by atoms with Gasteiger partial charge in [0.05, 0.1) is 0 Å². The molecular weight excluding hydrogens is 104 g/mol. The van der Waals surface area contributed by atoms with Crippen LogP contribution in [-0.4, -0.2) is 12.5 Å². The minimum atomic E-state index is -1.77. The van der Waals surface area contributed by atoms with Crippen LogP contribution in [0.15, 0.2) is 12.7 Å². The molecule has 0 heterocycles. The third kappa shape index (κ3) is 5.01. The highest BCUT2D eigenvalue weighted by Gasteiger charge is 1.84. The van der Waals surface area contributed by atoms with Crippen molar-refractivity contribution in [3.05, 3.63) is 12.7 Å². The third-order valence-electron chi connectivity index (χ3n) is 0.458. The number of carbonyl (C=O) groups excluding carboxylic acids is 1. The number of hydrogen-bond donors (Lipinski definition) is 2. The van der Waals surface area contributed by atoms with Crippen molar-refractivity contribution in [1.82, 2.24) is 5.32 Å². The Morgan fingerprint density at radius 3 is 3.12 bits per heavy atom. The van der Waals surface area contributed by atoms with Gasteiger partial charge in [0, 0.05) is 9.24 Å². The molecule has 0 radical (unpaired) electrons. The van der Waals surface area contributed by atoms with Gasteiger partial charge in [-0.2, -0.15) is 0 Å². The zero-order valence-corrected chi connectivity index (χ0v) is 4.48. The Hall–Kier alpha value is -0.990. The van der Waals surface area contributed by atoms with Gasteiger partial charge in [0.15, 0.2) is 0 Å². The van der Waals surface area contributed by atoms with Crippen molar-refractivity contribution >= 4 is 6.03 Å². The van der Waals surface area contributed by atoms with Gasteiger partial charge < -0.3 is 11.1 Å². The number of hydrogen-bond acceptors (Lipinski definition) is 1. The van der Waals surface area contributed by atoms with E-state index >= 15 is 0 Å². The van der Waals surface area contributed by atoms with E-state index in [0.29, 0.717) is 0 Å². The molecule has 0 aromatic heterocycles. The molecule has 0 rings (SSSR count). The van der Waals surface area contributed by atoms with E-state index in [1.165, 1.54) is 6.08 Å². The Bertz CT molecular complexity index is 147. The summed E-state index contributed by atoms with van der Waals surface area (Å²) in [6.45, 7) is 1.55. The van der Waals surface area contributed by atoms with Gasteiger partial charge in [-0.25, -0.2) is 4.79 Å². The number of nitrogens with one attached hydrogen (secondary N) is 1. The van der Waals surface area contributed by atoms with E-state index in [2.05, 4.69) is 12.3 Å². The molecule has 0 bridgehead atoms. The molecule has 46 valence electrons. The average molecular weight is 116 g/mol. The lowest BCUT2D eigenvalue weighted by atomic mass is 10.4. The first-order chi connectivity index (χ1) is 4.48. The van der Waals surface area contributed by atoms with Crippen LogP contribution in [0.4, 0.5) is 4.79 Å². The van der Waals surface area contributed by atoms with Gasteiger partial charge in [0.1, 0.15) is 0 Å². The van der Waals surface area contributed by atoms with Crippen LogP contribution in [0, 0.1) is 0 Å². The number of amides is 2. The van der Waals surface area contributed by atoms with Gasteiger partial charge in [-0.05, 0) is 6.42 Å². The van der Waals surface area contributed by atoms with Crippen LogP contribution in [0.25, 0.3) is 0 Å². The summed E-state index contributed by atoms with van der Waals surface area (Å²) in [5.41, 5.74) is 4.68. The quantitative estimate of drug-likeness (QED) is 0.509. The molecule has 0 aliphatic carbocycles. The summed E-state index contributed by atoms with van der Waals surface area (Å²) in [4.78, 5) is 10.1. The van der Waals surface area contributed by atoms with Crippen LogP contribution in [0.5, 0.6) is 0 Å². The summed E-state index contributed by atoms with van der Waals surface area (Å²) in [6.07, 6.45) is 1.42. The first-order valence-electron chi connectivity index (χ1n) is 3.16. The third-order valence-corrected chi connectivity index (χ3v) is 0.458. The maximum absolute atomic E-state index is 10.1. The Morgan fingerprint density at radius 1 is 2.12 bits per heavy atom. The Kier molecular flexibility index (Phi) is 2.06. The molecule has 0 fully saturated rings.